The minimum absolute atomic E-state index is 0.147. The highest BCUT2D eigenvalue weighted by Crippen LogP contribution is 2.30. The maximum atomic E-state index is 12.5. The first-order valence-corrected chi connectivity index (χ1v) is 7.94. The van der Waals surface area contributed by atoms with Crippen molar-refractivity contribution < 1.29 is 17.9 Å². The van der Waals surface area contributed by atoms with Crippen molar-refractivity contribution in [2.75, 3.05) is 25.6 Å². The van der Waals surface area contributed by atoms with Gasteiger partial charge in [0.15, 0.2) is 9.84 Å². The molecule has 1 aliphatic heterocycles. The van der Waals surface area contributed by atoms with Crippen LogP contribution in [0.25, 0.3) is 0 Å². The molecule has 19 heavy (non-hydrogen) atoms. The molecule has 6 heteroatoms. The molecule has 1 saturated heterocycles. The van der Waals surface area contributed by atoms with Crippen molar-refractivity contribution in [2.24, 2.45) is 0 Å². The van der Waals surface area contributed by atoms with Crippen LogP contribution in [0, 0.1) is 0 Å². The predicted octanol–water partition coefficient (Wildman–Crippen LogP) is 1.62. The van der Waals surface area contributed by atoms with Crippen LogP contribution >= 0.6 is 0 Å². The molecule has 0 aromatic heterocycles. The Morgan fingerprint density at radius 3 is 2.89 bits per heavy atom. The summed E-state index contributed by atoms with van der Waals surface area (Å²) in [5, 5.41) is -0.513. The van der Waals surface area contributed by atoms with E-state index in [9.17, 15) is 8.42 Å². The lowest BCUT2D eigenvalue weighted by Gasteiger charge is -2.23. The van der Waals surface area contributed by atoms with Crippen LogP contribution < -0.4 is 10.5 Å². The molecule has 5 nitrogen and oxygen atoms in total. The molecule has 0 radical (unpaired) electrons. The molecule has 2 N–H and O–H groups in total. The summed E-state index contributed by atoms with van der Waals surface area (Å²) in [4.78, 5) is 0.147. The number of sulfone groups is 1. The minimum Gasteiger partial charge on any atom is -0.494 e. The quantitative estimate of drug-likeness (QED) is 0.850. The van der Waals surface area contributed by atoms with Gasteiger partial charge in [0, 0.05) is 12.7 Å². The van der Waals surface area contributed by atoms with Crippen molar-refractivity contribution in [2.45, 2.75) is 29.9 Å². The maximum absolute atomic E-state index is 12.5. The lowest BCUT2D eigenvalue weighted by molar-refractivity contribution is 0.0991. The Morgan fingerprint density at radius 2 is 2.26 bits per heavy atom. The average molecular weight is 285 g/mol. The van der Waals surface area contributed by atoms with E-state index in [2.05, 4.69) is 0 Å². The van der Waals surface area contributed by atoms with Crippen LogP contribution in [0.3, 0.4) is 0 Å². The predicted molar refractivity (Wildman–Crippen MR) is 73.1 cm³/mol. The fourth-order valence-electron chi connectivity index (χ4n) is 2.15. The van der Waals surface area contributed by atoms with Gasteiger partial charge in [-0.25, -0.2) is 8.42 Å². The molecule has 0 bridgehead atoms. The average Bonchev–Trinajstić information content (AvgIpc) is 2.42. The van der Waals surface area contributed by atoms with Crippen LogP contribution in [0.5, 0.6) is 5.75 Å². The zero-order chi connectivity index (χ0) is 13.9. The lowest BCUT2D eigenvalue weighted by Crippen LogP contribution is -2.31. The second kappa shape index (κ2) is 5.79. The van der Waals surface area contributed by atoms with Gasteiger partial charge in [-0.15, -0.1) is 0 Å². The van der Waals surface area contributed by atoms with E-state index in [-0.39, 0.29) is 17.2 Å². The number of nitrogen functional groups attached to an aromatic ring is 1. The third kappa shape index (κ3) is 3.01. The number of anilines is 1. The Hall–Kier alpha value is -1.27. The minimum atomic E-state index is -3.46. The number of hydrogen-bond acceptors (Lipinski definition) is 5. The zero-order valence-electron chi connectivity index (χ0n) is 11.0. The molecular formula is C13H19NO4S. The van der Waals surface area contributed by atoms with Crippen molar-refractivity contribution in [1.29, 1.82) is 0 Å². The molecule has 1 aromatic rings. The summed E-state index contributed by atoms with van der Waals surface area (Å²) < 4.78 is 35.7. The van der Waals surface area contributed by atoms with Gasteiger partial charge in [-0.2, -0.15) is 0 Å². The van der Waals surface area contributed by atoms with Crippen molar-refractivity contribution in [3.05, 3.63) is 18.2 Å². The van der Waals surface area contributed by atoms with Crippen LogP contribution in [0.4, 0.5) is 5.69 Å². The Kier molecular flexibility index (Phi) is 4.31. The van der Waals surface area contributed by atoms with Crippen LogP contribution in [0.15, 0.2) is 23.1 Å². The zero-order valence-corrected chi connectivity index (χ0v) is 11.8. The first-order valence-electron chi connectivity index (χ1n) is 6.39. The third-order valence-corrected chi connectivity index (χ3v) is 5.38. The first kappa shape index (κ1) is 14.1. The molecule has 0 amide bonds. The molecule has 1 aliphatic rings. The van der Waals surface area contributed by atoms with E-state index in [1.165, 1.54) is 6.07 Å². The summed E-state index contributed by atoms with van der Waals surface area (Å²) in [5.74, 6) is 0.520. The molecule has 0 aliphatic carbocycles. The van der Waals surface area contributed by atoms with Crippen molar-refractivity contribution in [3.63, 3.8) is 0 Å². The number of hydrogen-bond donors (Lipinski definition) is 1. The largest absolute Gasteiger partial charge is 0.494 e. The van der Waals surface area contributed by atoms with Gasteiger partial charge in [0.25, 0.3) is 0 Å². The number of benzene rings is 1. The molecule has 1 fully saturated rings. The summed E-state index contributed by atoms with van der Waals surface area (Å²) in [5.41, 5.74) is 6.06. The molecule has 1 unspecified atom stereocenters. The smallest absolute Gasteiger partial charge is 0.185 e. The standard InChI is InChI=1S/C13H19NO4S/c1-2-18-10-5-6-12(14)13(8-10)19(15,16)11-4-3-7-17-9-11/h5-6,8,11H,2-4,7,9,14H2,1H3. The highest BCUT2D eigenvalue weighted by atomic mass is 32.2. The summed E-state index contributed by atoms with van der Waals surface area (Å²) in [6.45, 7) is 3.19. The van der Waals surface area contributed by atoms with Crippen LogP contribution in [0.1, 0.15) is 19.8 Å². The van der Waals surface area contributed by atoms with Crippen LogP contribution in [0.2, 0.25) is 0 Å². The summed E-state index contributed by atoms with van der Waals surface area (Å²) >= 11 is 0. The lowest BCUT2D eigenvalue weighted by atomic mass is 10.2. The summed E-state index contributed by atoms with van der Waals surface area (Å²) in [6, 6.07) is 4.75. The number of ether oxygens (including phenoxy) is 2. The number of rotatable bonds is 4. The van der Waals surface area contributed by atoms with E-state index in [0.29, 0.717) is 25.4 Å². The highest BCUT2D eigenvalue weighted by Gasteiger charge is 2.31. The van der Waals surface area contributed by atoms with Crippen LogP contribution in [-0.4, -0.2) is 33.5 Å². The van der Waals surface area contributed by atoms with Gasteiger partial charge in [-0.3, -0.25) is 0 Å². The van der Waals surface area contributed by atoms with Gasteiger partial charge in [0.1, 0.15) is 5.75 Å². The molecule has 1 heterocycles. The Bertz CT molecular complexity index is 536. The van der Waals surface area contributed by atoms with Gasteiger partial charge in [-0.1, -0.05) is 0 Å². The Labute approximate surface area is 113 Å². The summed E-state index contributed by atoms with van der Waals surface area (Å²) in [7, 11) is -3.46. The van der Waals surface area contributed by atoms with Gasteiger partial charge >= 0.3 is 0 Å². The van der Waals surface area contributed by atoms with Crippen molar-refractivity contribution in [3.8, 4) is 5.75 Å². The molecule has 0 saturated carbocycles. The number of nitrogens with two attached hydrogens (primary N) is 1. The molecule has 1 atom stereocenters. The van der Waals surface area contributed by atoms with E-state index >= 15 is 0 Å². The topological polar surface area (TPSA) is 78.6 Å². The van der Waals surface area contributed by atoms with Crippen LogP contribution in [-0.2, 0) is 14.6 Å². The van der Waals surface area contributed by atoms with Gasteiger partial charge in [0.2, 0.25) is 0 Å². The first-order chi connectivity index (χ1) is 9.05. The second-order valence-corrected chi connectivity index (χ2v) is 6.71. The normalized spacial score (nSPS) is 20.2. The monoisotopic (exact) mass is 285 g/mol. The van der Waals surface area contributed by atoms with E-state index in [4.69, 9.17) is 15.2 Å². The molecule has 1 aromatic carbocycles. The van der Waals surface area contributed by atoms with Gasteiger partial charge in [-0.05, 0) is 31.9 Å². The van der Waals surface area contributed by atoms with Crippen molar-refractivity contribution in [1.82, 2.24) is 0 Å². The van der Waals surface area contributed by atoms with E-state index in [0.717, 1.165) is 6.42 Å². The second-order valence-electron chi connectivity index (χ2n) is 4.52. The van der Waals surface area contributed by atoms with E-state index in [1.54, 1.807) is 12.1 Å². The fraction of sp³-hybridized carbons (Fsp3) is 0.538. The van der Waals surface area contributed by atoms with Gasteiger partial charge < -0.3 is 15.2 Å². The molecule has 106 valence electrons. The highest BCUT2D eigenvalue weighted by molar-refractivity contribution is 7.92. The maximum Gasteiger partial charge on any atom is 0.185 e. The fourth-order valence-corrected chi connectivity index (χ4v) is 3.94. The third-order valence-electron chi connectivity index (χ3n) is 3.16. The van der Waals surface area contributed by atoms with Crippen molar-refractivity contribution >= 4 is 15.5 Å². The summed E-state index contributed by atoms with van der Waals surface area (Å²) in [6.07, 6.45) is 1.37. The molecular weight excluding hydrogens is 266 g/mol. The van der Waals surface area contributed by atoms with E-state index < -0.39 is 15.1 Å². The van der Waals surface area contributed by atoms with Gasteiger partial charge in [0.05, 0.1) is 29.0 Å². The molecule has 0 spiro atoms. The molecule has 2 rings (SSSR count). The Balaban J connectivity index is 2.35. The van der Waals surface area contributed by atoms with E-state index in [1.807, 2.05) is 6.92 Å². The SMILES string of the molecule is CCOc1ccc(N)c(S(=O)(=O)C2CCCOC2)c1. The Morgan fingerprint density at radius 1 is 1.47 bits per heavy atom.